The lowest BCUT2D eigenvalue weighted by Gasteiger charge is -2.26. The molecule has 96 valence electrons. The van der Waals surface area contributed by atoms with Crippen molar-refractivity contribution >= 4 is 0 Å². The van der Waals surface area contributed by atoms with Crippen LogP contribution < -0.4 is 5.32 Å². The molecule has 1 aliphatic carbocycles. The van der Waals surface area contributed by atoms with Gasteiger partial charge in [0.2, 0.25) is 0 Å². The molecule has 2 atom stereocenters. The molecule has 0 spiro atoms. The lowest BCUT2D eigenvalue weighted by atomic mass is 9.80. The molecule has 1 heteroatoms. The lowest BCUT2D eigenvalue weighted by molar-refractivity contribution is 0.256. The minimum atomic E-state index is 1.01. The molecular formula is C15H31N. The van der Waals surface area contributed by atoms with Crippen molar-refractivity contribution in [2.75, 3.05) is 13.6 Å². The summed E-state index contributed by atoms with van der Waals surface area (Å²) in [5.74, 6) is 2.03. The van der Waals surface area contributed by atoms with Crippen LogP contribution in [0.4, 0.5) is 0 Å². The Labute approximate surface area is 102 Å². The van der Waals surface area contributed by atoms with Gasteiger partial charge < -0.3 is 5.32 Å². The third-order valence-electron chi connectivity index (χ3n) is 4.24. The van der Waals surface area contributed by atoms with Gasteiger partial charge >= 0.3 is 0 Å². The molecule has 0 aromatic rings. The minimum absolute atomic E-state index is 1.01. The first kappa shape index (κ1) is 14.0. The Bertz CT molecular complexity index is 156. The van der Waals surface area contributed by atoms with Crippen LogP contribution in [-0.4, -0.2) is 13.6 Å². The van der Waals surface area contributed by atoms with E-state index >= 15 is 0 Å². The smallest absolute Gasteiger partial charge is 0.00492 e. The van der Waals surface area contributed by atoms with E-state index in [1.54, 1.807) is 0 Å². The number of hydrogen-bond acceptors (Lipinski definition) is 1. The van der Waals surface area contributed by atoms with Gasteiger partial charge in [0.15, 0.2) is 0 Å². The summed E-state index contributed by atoms with van der Waals surface area (Å²) >= 11 is 0. The summed E-state index contributed by atoms with van der Waals surface area (Å²) < 4.78 is 0. The third kappa shape index (κ3) is 5.34. The van der Waals surface area contributed by atoms with Gasteiger partial charge in [-0.05, 0) is 31.8 Å². The second-order valence-electron chi connectivity index (χ2n) is 5.55. The van der Waals surface area contributed by atoms with Crippen LogP contribution in [0.3, 0.4) is 0 Å². The van der Waals surface area contributed by atoms with Crippen LogP contribution in [0.25, 0.3) is 0 Å². The molecule has 1 N–H and O–H groups in total. The Morgan fingerprint density at radius 3 is 2.00 bits per heavy atom. The molecule has 16 heavy (non-hydrogen) atoms. The Morgan fingerprint density at radius 1 is 0.875 bits per heavy atom. The molecule has 0 amide bonds. The molecule has 1 saturated carbocycles. The molecular weight excluding hydrogens is 194 g/mol. The van der Waals surface area contributed by atoms with Crippen molar-refractivity contribution in [3.63, 3.8) is 0 Å². The van der Waals surface area contributed by atoms with Gasteiger partial charge in [0.1, 0.15) is 0 Å². The van der Waals surface area contributed by atoms with Crippen LogP contribution in [0.2, 0.25) is 0 Å². The third-order valence-corrected chi connectivity index (χ3v) is 4.24. The highest BCUT2D eigenvalue weighted by atomic mass is 14.8. The molecule has 0 saturated heterocycles. The summed E-state index contributed by atoms with van der Waals surface area (Å²) in [5, 5.41) is 3.33. The Kier molecular flexibility index (Phi) is 7.92. The standard InChI is InChI=1S/C15H31N/c1-3-9-14-10-7-5-4-6-8-11-15(14)12-13-16-2/h14-16H,3-13H2,1-2H3. The fourth-order valence-corrected chi connectivity index (χ4v) is 3.28. The van der Waals surface area contributed by atoms with Gasteiger partial charge in [0.05, 0.1) is 0 Å². The average molecular weight is 225 g/mol. The van der Waals surface area contributed by atoms with Gasteiger partial charge in [0, 0.05) is 0 Å². The molecule has 0 aromatic carbocycles. The van der Waals surface area contributed by atoms with E-state index in [1.807, 2.05) is 0 Å². The zero-order chi connectivity index (χ0) is 11.6. The van der Waals surface area contributed by atoms with Crippen molar-refractivity contribution in [2.24, 2.45) is 11.8 Å². The first-order valence-electron chi connectivity index (χ1n) is 7.53. The van der Waals surface area contributed by atoms with Crippen LogP contribution in [0.1, 0.15) is 71.1 Å². The molecule has 1 nitrogen and oxygen atoms in total. The van der Waals surface area contributed by atoms with Crippen LogP contribution in [0.5, 0.6) is 0 Å². The van der Waals surface area contributed by atoms with Crippen molar-refractivity contribution in [2.45, 2.75) is 71.1 Å². The van der Waals surface area contributed by atoms with Crippen LogP contribution >= 0.6 is 0 Å². The van der Waals surface area contributed by atoms with Crippen molar-refractivity contribution in [1.82, 2.24) is 5.32 Å². The highest BCUT2D eigenvalue weighted by molar-refractivity contribution is 4.73. The van der Waals surface area contributed by atoms with Crippen LogP contribution in [0.15, 0.2) is 0 Å². The summed E-state index contributed by atoms with van der Waals surface area (Å²) in [6, 6.07) is 0. The molecule has 2 unspecified atom stereocenters. The van der Waals surface area contributed by atoms with Crippen molar-refractivity contribution in [3.05, 3.63) is 0 Å². The molecule has 1 fully saturated rings. The number of nitrogens with one attached hydrogen (secondary N) is 1. The second kappa shape index (κ2) is 9.04. The predicted octanol–water partition coefficient (Wildman–Crippen LogP) is 4.37. The topological polar surface area (TPSA) is 12.0 Å². The fourth-order valence-electron chi connectivity index (χ4n) is 3.28. The summed E-state index contributed by atoms with van der Waals surface area (Å²) in [4.78, 5) is 0. The largest absolute Gasteiger partial charge is 0.320 e. The lowest BCUT2D eigenvalue weighted by Crippen LogP contribution is -2.20. The van der Waals surface area contributed by atoms with Crippen molar-refractivity contribution in [3.8, 4) is 0 Å². The molecule has 1 aliphatic rings. The van der Waals surface area contributed by atoms with Gasteiger partial charge in [-0.25, -0.2) is 0 Å². The van der Waals surface area contributed by atoms with Gasteiger partial charge in [-0.2, -0.15) is 0 Å². The van der Waals surface area contributed by atoms with E-state index in [0.29, 0.717) is 0 Å². The number of rotatable bonds is 5. The maximum Gasteiger partial charge on any atom is -0.00492 e. The zero-order valence-corrected chi connectivity index (χ0v) is 11.4. The van der Waals surface area contributed by atoms with E-state index < -0.39 is 0 Å². The predicted molar refractivity (Wildman–Crippen MR) is 72.8 cm³/mol. The Hall–Kier alpha value is -0.0400. The minimum Gasteiger partial charge on any atom is -0.320 e. The molecule has 0 radical (unpaired) electrons. The van der Waals surface area contributed by atoms with Gasteiger partial charge in [0.25, 0.3) is 0 Å². The summed E-state index contributed by atoms with van der Waals surface area (Å²) in [5.41, 5.74) is 0. The van der Waals surface area contributed by atoms with Gasteiger partial charge in [-0.3, -0.25) is 0 Å². The fraction of sp³-hybridized carbons (Fsp3) is 1.00. The summed E-state index contributed by atoms with van der Waals surface area (Å²) in [7, 11) is 2.09. The van der Waals surface area contributed by atoms with E-state index in [4.69, 9.17) is 0 Å². The monoisotopic (exact) mass is 225 g/mol. The highest BCUT2D eigenvalue weighted by Crippen LogP contribution is 2.32. The average Bonchev–Trinajstić information content (AvgIpc) is 2.40. The molecule has 0 aliphatic heterocycles. The van der Waals surface area contributed by atoms with Crippen LogP contribution in [-0.2, 0) is 0 Å². The quantitative estimate of drug-likeness (QED) is 0.732. The first-order chi connectivity index (χ1) is 7.88. The molecule has 1 rings (SSSR count). The van der Waals surface area contributed by atoms with E-state index in [0.717, 1.165) is 11.8 Å². The van der Waals surface area contributed by atoms with Crippen molar-refractivity contribution < 1.29 is 0 Å². The van der Waals surface area contributed by atoms with E-state index in [9.17, 15) is 0 Å². The Balaban J connectivity index is 2.45. The second-order valence-corrected chi connectivity index (χ2v) is 5.55. The molecule has 0 bridgehead atoms. The number of hydrogen-bond donors (Lipinski definition) is 1. The zero-order valence-electron chi connectivity index (χ0n) is 11.4. The van der Waals surface area contributed by atoms with E-state index in [-0.39, 0.29) is 0 Å². The first-order valence-corrected chi connectivity index (χ1v) is 7.53. The maximum atomic E-state index is 3.33. The maximum absolute atomic E-state index is 3.33. The van der Waals surface area contributed by atoms with E-state index in [2.05, 4.69) is 19.3 Å². The van der Waals surface area contributed by atoms with Crippen molar-refractivity contribution in [1.29, 1.82) is 0 Å². The SMILES string of the molecule is CCCC1CCCCCCCC1CCNC. The van der Waals surface area contributed by atoms with E-state index in [1.165, 1.54) is 70.8 Å². The molecule has 0 heterocycles. The summed E-state index contributed by atoms with van der Waals surface area (Å²) in [6.45, 7) is 3.56. The molecule has 0 aromatic heterocycles. The van der Waals surface area contributed by atoms with Gasteiger partial charge in [-0.1, -0.05) is 64.7 Å². The van der Waals surface area contributed by atoms with Gasteiger partial charge in [-0.15, -0.1) is 0 Å². The van der Waals surface area contributed by atoms with Crippen LogP contribution in [0, 0.1) is 11.8 Å². The normalized spacial score (nSPS) is 28.1. The Morgan fingerprint density at radius 2 is 1.44 bits per heavy atom. The summed E-state index contributed by atoms with van der Waals surface area (Å²) in [6.07, 6.45) is 14.7. The highest BCUT2D eigenvalue weighted by Gasteiger charge is 2.20.